The summed E-state index contributed by atoms with van der Waals surface area (Å²) in [5, 5.41) is 12.6. The van der Waals surface area contributed by atoms with Crippen molar-refractivity contribution in [2.45, 2.75) is 32.9 Å². The number of nitrogens with zero attached hydrogens (tertiary/aromatic N) is 3. The maximum atomic E-state index is 12.1. The molecule has 2 atom stereocenters. The molecule has 7 heteroatoms. The fourth-order valence-electron chi connectivity index (χ4n) is 2.78. The van der Waals surface area contributed by atoms with Gasteiger partial charge >= 0.3 is 6.09 Å². The maximum Gasteiger partial charge on any atom is 0.415 e. The number of carbonyl (C=O) groups excluding carboxylic acids is 1. The first-order chi connectivity index (χ1) is 12.0. The van der Waals surface area contributed by atoms with E-state index in [1.165, 1.54) is 0 Å². The normalized spacial score (nSPS) is 18.3. The first-order valence-electron chi connectivity index (χ1n) is 8.30. The molecule has 2 aromatic rings. The largest absolute Gasteiger partial charge is 0.508 e. The molecular weight excluding hydrogens is 320 g/mol. The Bertz CT molecular complexity index is 748. The molecule has 0 bridgehead atoms. The molecule has 25 heavy (non-hydrogen) atoms. The highest BCUT2D eigenvalue weighted by atomic mass is 16.6. The van der Waals surface area contributed by atoms with Crippen LogP contribution in [0.4, 0.5) is 16.6 Å². The van der Waals surface area contributed by atoms with Gasteiger partial charge in [-0.1, -0.05) is 26.0 Å². The van der Waals surface area contributed by atoms with Crippen molar-refractivity contribution in [3.8, 4) is 5.75 Å². The number of hydrogen-bond donors (Lipinski definition) is 2. The summed E-state index contributed by atoms with van der Waals surface area (Å²) < 4.78 is 5.18. The summed E-state index contributed by atoms with van der Waals surface area (Å²) in [6, 6.07) is 8.56. The number of carbonyl (C=O) groups is 1. The van der Waals surface area contributed by atoms with E-state index in [9.17, 15) is 9.90 Å². The van der Waals surface area contributed by atoms with Gasteiger partial charge in [0, 0.05) is 6.20 Å². The van der Waals surface area contributed by atoms with Gasteiger partial charge in [0.05, 0.1) is 12.1 Å². The highest BCUT2D eigenvalue weighted by Crippen LogP contribution is 2.26. The summed E-state index contributed by atoms with van der Waals surface area (Å²) >= 11 is 0. The van der Waals surface area contributed by atoms with Crippen LogP contribution in [0, 0.1) is 5.92 Å². The SMILES string of the molecule is CC(Nc1nccc(N2C(=O)OCC2C(C)C)n1)c1ccc(O)cc1. The number of hydrogen-bond acceptors (Lipinski definition) is 6. The first-order valence-corrected chi connectivity index (χ1v) is 8.30. The minimum Gasteiger partial charge on any atom is -0.508 e. The van der Waals surface area contributed by atoms with Crippen LogP contribution in [0.5, 0.6) is 5.75 Å². The van der Waals surface area contributed by atoms with Gasteiger partial charge in [-0.2, -0.15) is 4.98 Å². The number of phenols is 1. The molecule has 0 spiro atoms. The molecule has 1 aliphatic rings. The molecule has 1 amide bonds. The van der Waals surface area contributed by atoms with E-state index in [0.29, 0.717) is 18.4 Å². The smallest absolute Gasteiger partial charge is 0.415 e. The van der Waals surface area contributed by atoms with Crippen molar-refractivity contribution >= 4 is 17.9 Å². The van der Waals surface area contributed by atoms with Gasteiger partial charge in [-0.05, 0) is 36.6 Å². The molecule has 3 rings (SSSR count). The fourth-order valence-corrected chi connectivity index (χ4v) is 2.78. The van der Waals surface area contributed by atoms with Gasteiger partial charge in [-0.15, -0.1) is 0 Å². The second-order valence-electron chi connectivity index (χ2n) is 6.45. The third kappa shape index (κ3) is 3.65. The van der Waals surface area contributed by atoms with Gasteiger partial charge in [-0.25, -0.2) is 9.78 Å². The van der Waals surface area contributed by atoms with Gasteiger partial charge in [0.2, 0.25) is 5.95 Å². The molecule has 1 aromatic heterocycles. The number of rotatable bonds is 5. The summed E-state index contributed by atoms with van der Waals surface area (Å²) in [7, 11) is 0. The van der Waals surface area contributed by atoms with E-state index in [2.05, 4.69) is 15.3 Å². The minimum atomic E-state index is -0.380. The van der Waals surface area contributed by atoms with E-state index in [4.69, 9.17) is 4.74 Å². The lowest BCUT2D eigenvalue weighted by Crippen LogP contribution is -2.37. The van der Waals surface area contributed by atoms with Crippen LogP contribution in [0.1, 0.15) is 32.4 Å². The number of cyclic esters (lactones) is 1. The predicted molar refractivity (Wildman–Crippen MR) is 94.6 cm³/mol. The number of nitrogens with one attached hydrogen (secondary N) is 1. The second-order valence-corrected chi connectivity index (χ2v) is 6.45. The van der Waals surface area contributed by atoms with Crippen molar-refractivity contribution < 1.29 is 14.6 Å². The van der Waals surface area contributed by atoms with Crippen LogP contribution < -0.4 is 10.2 Å². The Balaban J connectivity index is 1.79. The molecular formula is C18H22N4O3. The Labute approximate surface area is 146 Å². The topological polar surface area (TPSA) is 87.6 Å². The number of benzene rings is 1. The molecule has 1 saturated heterocycles. The van der Waals surface area contributed by atoms with Crippen molar-refractivity contribution in [1.29, 1.82) is 0 Å². The van der Waals surface area contributed by atoms with Crippen LogP contribution in [-0.2, 0) is 4.74 Å². The summed E-state index contributed by atoms with van der Waals surface area (Å²) in [6.45, 7) is 6.44. The van der Waals surface area contributed by atoms with Crippen LogP contribution in [0.25, 0.3) is 0 Å². The molecule has 2 N–H and O–H groups in total. The third-order valence-electron chi connectivity index (χ3n) is 4.30. The Morgan fingerprint density at radius 3 is 2.64 bits per heavy atom. The number of aromatic hydroxyl groups is 1. The van der Waals surface area contributed by atoms with Crippen LogP contribution in [-0.4, -0.2) is 33.8 Å². The Morgan fingerprint density at radius 1 is 1.24 bits per heavy atom. The predicted octanol–water partition coefficient (Wildman–Crippen LogP) is 3.34. The van der Waals surface area contributed by atoms with E-state index in [-0.39, 0.29) is 29.8 Å². The molecule has 0 radical (unpaired) electrons. The lowest BCUT2D eigenvalue weighted by Gasteiger charge is -2.23. The maximum absolute atomic E-state index is 12.1. The highest BCUT2D eigenvalue weighted by Gasteiger charge is 2.37. The third-order valence-corrected chi connectivity index (χ3v) is 4.30. The summed E-state index contributed by atoms with van der Waals surface area (Å²) in [5.74, 6) is 1.44. The van der Waals surface area contributed by atoms with Crippen molar-refractivity contribution in [2.24, 2.45) is 5.92 Å². The number of amides is 1. The zero-order valence-electron chi connectivity index (χ0n) is 14.5. The van der Waals surface area contributed by atoms with Crippen molar-refractivity contribution in [3.05, 3.63) is 42.1 Å². The van der Waals surface area contributed by atoms with Gasteiger partial charge in [-0.3, -0.25) is 4.90 Å². The van der Waals surface area contributed by atoms with Gasteiger partial charge in [0.1, 0.15) is 18.2 Å². The average molecular weight is 342 g/mol. The molecule has 1 aromatic carbocycles. The van der Waals surface area contributed by atoms with Crippen molar-refractivity contribution in [2.75, 3.05) is 16.8 Å². The van der Waals surface area contributed by atoms with Gasteiger partial charge in [0.25, 0.3) is 0 Å². The zero-order chi connectivity index (χ0) is 18.0. The molecule has 0 saturated carbocycles. The van der Waals surface area contributed by atoms with E-state index >= 15 is 0 Å². The van der Waals surface area contributed by atoms with Crippen molar-refractivity contribution in [1.82, 2.24) is 9.97 Å². The molecule has 2 unspecified atom stereocenters. The van der Waals surface area contributed by atoms with E-state index < -0.39 is 0 Å². The Kier molecular flexibility index (Phi) is 4.74. The Morgan fingerprint density at radius 2 is 1.96 bits per heavy atom. The lowest BCUT2D eigenvalue weighted by atomic mass is 10.0. The van der Waals surface area contributed by atoms with Crippen molar-refractivity contribution in [3.63, 3.8) is 0 Å². The molecule has 0 aliphatic carbocycles. The van der Waals surface area contributed by atoms with Gasteiger partial charge < -0.3 is 15.2 Å². The Hall–Kier alpha value is -2.83. The van der Waals surface area contributed by atoms with E-state index in [0.717, 1.165) is 5.56 Å². The van der Waals surface area contributed by atoms with E-state index in [1.54, 1.807) is 29.3 Å². The fraction of sp³-hybridized carbons (Fsp3) is 0.389. The summed E-state index contributed by atoms with van der Waals surface area (Å²) in [4.78, 5) is 22.4. The number of anilines is 2. The average Bonchev–Trinajstić information content (AvgIpc) is 2.97. The van der Waals surface area contributed by atoms with E-state index in [1.807, 2.05) is 32.9 Å². The molecule has 1 fully saturated rings. The summed E-state index contributed by atoms with van der Waals surface area (Å²) in [6.07, 6.45) is 1.24. The molecule has 7 nitrogen and oxygen atoms in total. The van der Waals surface area contributed by atoms with Crippen LogP contribution >= 0.6 is 0 Å². The number of ether oxygens (including phenoxy) is 1. The quantitative estimate of drug-likeness (QED) is 0.866. The first kappa shape index (κ1) is 17.0. The number of aromatic nitrogens is 2. The van der Waals surface area contributed by atoms with Crippen LogP contribution in [0.3, 0.4) is 0 Å². The van der Waals surface area contributed by atoms with Crippen LogP contribution in [0.2, 0.25) is 0 Å². The minimum absolute atomic E-state index is 0.0372. The standard InChI is InChI=1S/C18H22N4O3/c1-11(2)15-10-25-18(24)22(15)16-8-9-19-17(21-16)20-12(3)13-4-6-14(23)7-5-13/h4-9,11-12,15,23H,10H2,1-3H3,(H,19,20,21). The zero-order valence-corrected chi connectivity index (χ0v) is 14.5. The highest BCUT2D eigenvalue weighted by molar-refractivity contribution is 5.89. The van der Waals surface area contributed by atoms with Crippen LogP contribution in [0.15, 0.2) is 36.5 Å². The monoisotopic (exact) mass is 342 g/mol. The summed E-state index contributed by atoms with van der Waals surface area (Å²) in [5.41, 5.74) is 0.993. The lowest BCUT2D eigenvalue weighted by molar-refractivity contribution is 0.177. The molecule has 132 valence electrons. The second kappa shape index (κ2) is 6.96. The molecule has 1 aliphatic heterocycles. The number of phenolic OH excluding ortho intramolecular Hbond substituents is 1. The molecule has 2 heterocycles. The van der Waals surface area contributed by atoms with Gasteiger partial charge in [0.15, 0.2) is 0 Å².